The summed E-state index contributed by atoms with van der Waals surface area (Å²) in [6, 6.07) is 10.7. The van der Waals surface area contributed by atoms with E-state index in [-0.39, 0.29) is 48.7 Å². The molecule has 0 saturated heterocycles. The van der Waals surface area contributed by atoms with E-state index in [1.54, 1.807) is 42.4 Å². The number of carbonyl (C=O) groups is 3. The van der Waals surface area contributed by atoms with E-state index < -0.39 is 29.7 Å². The SMILES string of the molecule is CCCN(CCC)C(=O)c1cc(C)cc(C(=O)N[C@@H](Cc2cc(F)cc(F)c2)[C@H](O)CCNC(=O)CCc2cccnc2)c1. The second-order valence-electron chi connectivity index (χ2n) is 11.0. The Kier molecular flexibility index (Phi) is 13.4. The molecule has 1 heterocycles. The first kappa shape index (κ1) is 34.3. The van der Waals surface area contributed by atoms with Crippen molar-refractivity contribution in [3.8, 4) is 0 Å². The Morgan fingerprint density at radius 3 is 2.27 bits per heavy atom. The molecule has 0 unspecified atom stereocenters. The average Bonchev–Trinajstić information content (AvgIpc) is 2.99. The first-order chi connectivity index (χ1) is 21.1. The fourth-order valence-electron chi connectivity index (χ4n) is 5.05. The molecule has 3 rings (SSSR count). The summed E-state index contributed by atoms with van der Waals surface area (Å²) in [5.74, 6) is -2.46. The summed E-state index contributed by atoms with van der Waals surface area (Å²) in [6.07, 6.45) is 4.58. The third kappa shape index (κ3) is 10.8. The number of pyridine rings is 1. The van der Waals surface area contributed by atoms with Crippen molar-refractivity contribution in [2.45, 2.75) is 71.4 Å². The Hall–Kier alpha value is -4.18. The molecule has 2 atom stereocenters. The van der Waals surface area contributed by atoms with E-state index in [1.807, 2.05) is 19.9 Å². The minimum absolute atomic E-state index is 0.0606. The van der Waals surface area contributed by atoms with Crippen LogP contribution >= 0.6 is 0 Å². The van der Waals surface area contributed by atoms with Crippen molar-refractivity contribution in [3.63, 3.8) is 0 Å². The molecule has 0 aliphatic heterocycles. The van der Waals surface area contributed by atoms with Gasteiger partial charge in [0.1, 0.15) is 11.6 Å². The van der Waals surface area contributed by atoms with Crippen LogP contribution in [0, 0.1) is 18.6 Å². The first-order valence-corrected chi connectivity index (χ1v) is 15.1. The van der Waals surface area contributed by atoms with E-state index >= 15 is 0 Å². The number of amides is 3. The predicted molar refractivity (Wildman–Crippen MR) is 165 cm³/mol. The van der Waals surface area contributed by atoms with Gasteiger partial charge in [0, 0.05) is 55.6 Å². The highest BCUT2D eigenvalue weighted by molar-refractivity contribution is 6.00. The van der Waals surface area contributed by atoms with Crippen molar-refractivity contribution in [1.82, 2.24) is 20.5 Å². The molecule has 10 heteroatoms. The van der Waals surface area contributed by atoms with E-state index in [1.165, 1.54) is 6.07 Å². The molecule has 8 nitrogen and oxygen atoms in total. The summed E-state index contributed by atoms with van der Waals surface area (Å²) < 4.78 is 27.9. The van der Waals surface area contributed by atoms with Gasteiger partial charge < -0.3 is 20.6 Å². The van der Waals surface area contributed by atoms with E-state index in [0.29, 0.717) is 30.6 Å². The van der Waals surface area contributed by atoms with Crippen molar-refractivity contribution in [3.05, 3.63) is 100 Å². The summed E-state index contributed by atoms with van der Waals surface area (Å²) in [4.78, 5) is 44.8. The van der Waals surface area contributed by atoms with Gasteiger partial charge in [0.05, 0.1) is 12.1 Å². The molecule has 1 aromatic heterocycles. The fraction of sp³-hybridized carbons (Fsp3) is 0.412. The van der Waals surface area contributed by atoms with Crippen LogP contribution in [-0.4, -0.2) is 64.5 Å². The Balaban J connectivity index is 1.73. The molecule has 3 aromatic rings. The summed E-state index contributed by atoms with van der Waals surface area (Å²) in [5.41, 5.74) is 2.51. The summed E-state index contributed by atoms with van der Waals surface area (Å²) >= 11 is 0. The van der Waals surface area contributed by atoms with Gasteiger partial charge in [-0.25, -0.2) is 8.78 Å². The van der Waals surface area contributed by atoms with Crippen molar-refractivity contribution < 1.29 is 28.3 Å². The molecular weight excluding hydrogens is 566 g/mol. The van der Waals surface area contributed by atoms with Crippen LogP contribution in [0.5, 0.6) is 0 Å². The highest BCUT2D eigenvalue weighted by Crippen LogP contribution is 2.17. The number of carbonyl (C=O) groups excluding carboxylic acids is 3. The van der Waals surface area contributed by atoms with Crippen LogP contribution in [0.4, 0.5) is 8.78 Å². The topological polar surface area (TPSA) is 112 Å². The van der Waals surface area contributed by atoms with Gasteiger partial charge in [-0.15, -0.1) is 0 Å². The first-order valence-electron chi connectivity index (χ1n) is 15.1. The van der Waals surface area contributed by atoms with Crippen LogP contribution in [0.1, 0.15) is 76.9 Å². The number of nitrogens with one attached hydrogen (secondary N) is 2. The zero-order valence-corrected chi connectivity index (χ0v) is 25.6. The molecule has 0 spiro atoms. The Bertz CT molecular complexity index is 1380. The van der Waals surface area contributed by atoms with Gasteiger partial charge in [0.2, 0.25) is 5.91 Å². The van der Waals surface area contributed by atoms with Gasteiger partial charge in [-0.2, -0.15) is 0 Å². The number of hydrogen-bond acceptors (Lipinski definition) is 5. The second kappa shape index (κ2) is 17.2. The van der Waals surface area contributed by atoms with Crippen LogP contribution in [0.25, 0.3) is 0 Å². The van der Waals surface area contributed by atoms with Crippen LogP contribution in [0.15, 0.2) is 60.9 Å². The molecule has 2 aromatic carbocycles. The monoisotopic (exact) mass is 608 g/mol. The quantitative estimate of drug-likeness (QED) is 0.217. The number of aliphatic hydroxyl groups excluding tert-OH is 1. The highest BCUT2D eigenvalue weighted by atomic mass is 19.1. The van der Waals surface area contributed by atoms with Crippen LogP contribution in [-0.2, 0) is 17.6 Å². The Labute approximate surface area is 257 Å². The third-order valence-corrected chi connectivity index (χ3v) is 7.15. The van der Waals surface area contributed by atoms with Gasteiger partial charge in [-0.3, -0.25) is 19.4 Å². The zero-order chi connectivity index (χ0) is 32.1. The van der Waals surface area contributed by atoms with Crippen molar-refractivity contribution in [2.75, 3.05) is 19.6 Å². The largest absolute Gasteiger partial charge is 0.391 e. The van der Waals surface area contributed by atoms with Gasteiger partial charge in [-0.05, 0) is 92.1 Å². The van der Waals surface area contributed by atoms with Crippen molar-refractivity contribution in [2.24, 2.45) is 0 Å². The molecule has 236 valence electrons. The highest BCUT2D eigenvalue weighted by Gasteiger charge is 2.24. The molecule has 3 amide bonds. The number of aliphatic hydroxyl groups is 1. The maximum Gasteiger partial charge on any atom is 0.253 e. The molecule has 0 aliphatic carbocycles. The normalized spacial score (nSPS) is 12.3. The summed E-state index contributed by atoms with van der Waals surface area (Å²) in [6.45, 7) is 7.10. The lowest BCUT2D eigenvalue weighted by atomic mass is 9.97. The molecule has 0 fully saturated rings. The minimum Gasteiger partial charge on any atom is -0.391 e. The van der Waals surface area contributed by atoms with E-state index in [9.17, 15) is 28.3 Å². The molecule has 0 radical (unpaired) electrons. The van der Waals surface area contributed by atoms with Crippen LogP contribution in [0.3, 0.4) is 0 Å². The molecular formula is C34H42F2N4O4. The Morgan fingerprint density at radius 2 is 1.64 bits per heavy atom. The summed E-state index contributed by atoms with van der Waals surface area (Å²) in [5, 5.41) is 16.7. The standard InChI is InChI=1S/C34H42F2N4O4/c1-4-13-40(14-5-2)34(44)27-16-23(3)15-26(20-27)33(43)39-30(19-25-17-28(35)21-29(36)18-25)31(41)10-12-38-32(42)9-8-24-7-6-11-37-22-24/h6-7,11,15-18,20-22,30-31,41H,4-5,8-10,12-14,19H2,1-3H3,(H,38,42)(H,39,43)/t30-,31+/m0/s1. The second-order valence-corrected chi connectivity index (χ2v) is 11.0. The molecule has 44 heavy (non-hydrogen) atoms. The lowest BCUT2D eigenvalue weighted by Crippen LogP contribution is -2.46. The lowest BCUT2D eigenvalue weighted by Gasteiger charge is -2.25. The van der Waals surface area contributed by atoms with Gasteiger partial charge in [0.25, 0.3) is 11.8 Å². The van der Waals surface area contributed by atoms with E-state index in [4.69, 9.17) is 0 Å². The zero-order valence-electron chi connectivity index (χ0n) is 25.6. The minimum atomic E-state index is -1.15. The number of halogens is 2. The van der Waals surface area contributed by atoms with E-state index in [0.717, 1.165) is 36.6 Å². The number of aromatic nitrogens is 1. The molecule has 0 aliphatic rings. The average molecular weight is 609 g/mol. The molecule has 0 bridgehead atoms. The molecule has 3 N–H and O–H groups in total. The summed E-state index contributed by atoms with van der Waals surface area (Å²) in [7, 11) is 0. The predicted octanol–water partition coefficient (Wildman–Crippen LogP) is 4.77. The van der Waals surface area contributed by atoms with Crippen LogP contribution < -0.4 is 10.6 Å². The fourth-order valence-corrected chi connectivity index (χ4v) is 5.05. The van der Waals surface area contributed by atoms with Crippen molar-refractivity contribution in [1.29, 1.82) is 0 Å². The van der Waals surface area contributed by atoms with Gasteiger partial charge in [0.15, 0.2) is 0 Å². The lowest BCUT2D eigenvalue weighted by molar-refractivity contribution is -0.121. The van der Waals surface area contributed by atoms with Crippen molar-refractivity contribution >= 4 is 17.7 Å². The maximum atomic E-state index is 14.0. The number of rotatable bonds is 16. The number of benzene rings is 2. The van der Waals surface area contributed by atoms with Crippen LogP contribution in [0.2, 0.25) is 0 Å². The molecule has 0 saturated carbocycles. The Morgan fingerprint density at radius 1 is 0.955 bits per heavy atom. The smallest absolute Gasteiger partial charge is 0.253 e. The third-order valence-electron chi connectivity index (χ3n) is 7.15. The van der Waals surface area contributed by atoms with Gasteiger partial charge >= 0.3 is 0 Å². The number of hydrogen-bond donors (Lipinski definition) is 3. The number of nitrogens with zero attached hydrogens (tertiary/aromatic N) is 2. The van der Waals surface area contributed by atoms with Gasteiger partial charge in [-0.1, -0.05) is 19.9 Å². The maximum absolute atomic E-state index is 14.0. The number of aryl methyl sites for hydroxylation is 2. The van der Waals surface area contributed by atoms with E-state index in [2.05, 4.69) is 15.6 Å².